The molecule has 0 saturated carbocycles. The molecular formula is C19H24N2O3S. The molecule has 0 bridgehead atoms. The first-order valence-corrected chi connectivity index (χ1v) is 9.20. The summed E-state index contributed by atoms with van der Waals surface area (Å²) in [5.74, 6) is -1.18. The van der Waals surface area contributed by atoms with Crippen LogP contribution in [0.15, 0.2) is 35.2 Å². The molecule has 1 aromatic carbocycles. The molecule has 1 N–H and O–H groups in total. The van der Waals surface area contributed by atoms with Crippen molar-refractivity contribution >= 4 is 29.7 Å². The van der Waals surface area contributed by atoms with E-state index in [0.717, 1.165) is 10.5 Å². The Balaban J connectivity index is 2.62. The highest BCUT2D eigenvalue weighted by Crippen LogP contribution is 2.16. The van der Waals surface area contributed by atoms with Crippen LogP contribution in [-0.2, 0) is 14.3 Å². The molecule has 0 radical (unpaired) electrons. The van der Waals surface area contributed by atoms with Crippen molar-refractivity contribution in [3.63, 3.8) is 0 Å². The lowest BCUT2D eigenvalue weighted by Gasteiger charge is -2.28. The first-order valence-electron chi connectivity index (χ1n) is 7.98. The number of hydrogen-bond acceptors (Lipinski definition) is 5. The van der Waals surface area contributed by atoms with Crippen molar-refractivity contribution < 1.29 is 14.3 Å². The fourth-order valence-electron chi connectivity index (χ4n) is 1.81. The van der Waals surface area contributed by atoms with Gasteiger partial charge in [0.2, 0.25) is 0 Å². The van der Waals surface area contributed by atoms with Gasteiger partial charge in [-0.25, -0.2) is 4.79 Å². The van der Waals surface area contributed by atoms with Gasteiger partial charge in [0.15, 0.2) is 6.10 Å². The standard InChI is InChI=1S/C19H24N2O3S/c1-13(2)19(4,12-20)21-18(23)14(3)24-17(22)11-8-15-6-9-16(25-5)10-7-15/h6-11,13-14H,1-5H3,(H,21,23)/b11-8+/t14-,19-/m0/s1. The van der Waals surface area contributed by atoms with Gasteiger partial charge in [-0.2, -0.15) is 5.26 Å². The zero-order chi connectivity index (χ0) is 19.0. The zero-order valence-corrected chi connectivity index (χ0v) is 16.0. The van der Waals surface area contributed by atoms with Crippen molar-refractivity contribution in [3.05, 3.63) is 35.9 Å². The number of thioether (sulfide) groups is 1. The number of ether oxygens (including phenoxy) is 1. The Morgan fingerprint density at radius 2 is 1.88 bits per heavy atom. The van der Waals surface area contributed by atoms with E-state index in [4.69, 9.17) is 4.74 Å². The van der Waals surface area contributed by atoms with Gasteiger partial charge in [0, 0.05) is 11.0 Å². The molecule has 1 amide bonds. The summed E-state index contributed by atoms with van der Waals surface area (Å²) in [6, 6.07) is 9.79. The summed E-state index contributed by atoms with van der Waals surface area (Å²) in [6.07, 6.45) is 3.92. The third-order valence-corrected chi connectivity index (χ3v) is 4.70. The van der Waals surface area contributed by atoms with Gasteiger partial charge in [-0.05, 0) is 49.8 Å². The molecule has 6 heteroatoms. The number of benzene rings is 1. The highest BCUT2D eigenvalue weighted by Gasteiger charge is 2.32. The predicted molar refractivity (Wildman–Crippen MR) is 99.8 cm³/mol. The van der Waals surface area contributed by atoms with E-state index in [1.807, 2.05) is 44.4 Å². The van der Waals surface area contributed by atoms with Gasteiger partial charge in [-0.1, -0.05) is 26.0 Å². The molecule has 2 atom stereocenters. The summed E-state index contributed by atoms with van der Waals surface area (Å²) >= 11 is 1.64. The fourth-order valence-corrected chi connectivity index (χ4v) is 2.21. The van der Waals surface area contributed by atoms with Crippen LogP contribution < -0.4 is 5.32 Å². The van der Waals surface area contributed by atoms with Crippen molar-refractivity contribution in [1.82, 2.24) is 5.32 Å². The summed E-state index contributed by atoms with van der Waals surface area (Å²) in [6.45, 7) is 6.80. The smallest absolute Gasteiger partial charge is 0.331 e. The molecule has 1 aromatic rings. The van der Waals surface area contributed by atoms with Gasteiger partial charge in [-0.3, -0.25) is 4.79 Å². The van der Waals surface area contributed by atoms with Crippen molar-refractivity contribution in [2.45, 2.75) is 44.2 Å². The molecule has 0 saturated heterocycles. The van der Waals surface area contributed by atoms with E-state index in [9.17, 15) is 14.9 Å². The van der Waals surface area contributed by atoms with E-state index in [1.165, 1.54) is 13.0 Å². The number of carbonyl (C=O) groups excluding carboxylic acids is 2. The molecule has 1 rings (SSSR count). The number of rotatable bonds is 7. The second-order valence-electron chi connectivity index (χ2n) is 6.14. The topological polar surface area (TPSA) is 79.2 Å². The second-order valence-corrected chi connectivity index (χ2v) is 7.02. The lowest BCUT2D eigenvalue weighted by atomic mass is 9.90. The maximum atomic E-state index is 12.1. The van der Waals surface area contributed by atoms with Crippen LogP contribution in [0.3, 0.4) is 0 Å². The van der Waals surface area contributed by atoms with E-state index in [-0.39, 0.29) is 5.92 Å². The first kappa shape index (κ1) is 20.8. The average molecular weight is 360 g/mol. The summed E-state index contributed by atoms with van der Waals surface area (Å²) in [5.41, 5.74) is -0.143. The first-order chi connectivity index (χ1) is 11.7. The molecule has 0 spiro atoms. The minimum atomic E-state index is -1.01. The number of hydrogen-bond donors (Lipinski definition) is 1. The molecule has 0 aliphatic rings. The predicted octanol–water partition coefficient (Wildman–Crippen LogP) is 3.41. The van der Waals surface area contributed by atoms with Gasteiger partial charge in [-0.15, -0.1) is 11.8 Å². The van der Waals surface area contributed by atoms with Crippen molar-refractivity contribution in [2.75, 3.05) is 6.26 Å². The third kappa shape index (κ3) is 6.28. The van der Waals surface area contributed by atoms with Crippen LogP contribution in [0.1, 0.15) is 33.3 Å². The maximum absolute atomic E-state index is 12.1. The molecule has 0 aromatic heterocycles. The number of amides is 1. The average Bonchev–Trinajstić information content (AvgIpc) is 2.59. The van der Waals surface area contributed by atoms with E-state index < -0.39 is 23.5 Å². The van der Waals surface area contributed by atoms with Crippen molar-refractivity contribution in [2.24, 2.45) is 5.92 Å². The molecule has 0 unspecified atom stereocenters. The largest absolute Gasteiger partial charge is 0.449 e. The minimum absolute atomic E-state index is 0.0755. The lowest BCUT2D eigenvalue weighted by Crippen LogP contribution is -2.52. The Labute approximate surface area is 153 Å². The number of carbonyl (C=O) groups is 2. The molecule has 134 valence electrons. The highest BCUT2D eigenvalue weighted by atomic mass is 32.2. The van der Waals surface area contributed by atoms with Crippen LogP contribution in [0.5, 0.6) is 0 Å². The summed E-state index contributed by atoms with van der Waals surface area (Å²) in [4.78, 5) is 25.1. The molecule has 0 fully saturated rings. The Morgan fingerprint density at radius 1 is 1.28 bits per heavy atom. The van der Waals surface area contributed by atoms with Crippen LogP contribution in [0.4, 0.5) is 0 Å². The van der Waals surface area contributed by atoms with E-state index in [0.29, 0.717) is 0 Å². The Kier molecular flexibility index (Phi) is 7.72. The number of esters is 1. The van der Waals surface area contributed by atoms with Crippen molar-refractivity contribution in [1.29, 1.82) is 5.26 Å². The second kappa shape index (κ2) is 9.28. The van der Waals surface area contributed by atoms with Gasteiger partial charge in [0.25, 0.3) is 5.91 Å². The van der Waals surface area contributed by atoms with Crippen LogP contribution in [-0.4, -0.2) is 29.8 Å². The van der Waals surface area contributed by atoms with Crippen LogP contribution in [0, 0.1) is 17.2 Å². The van der Waals surface area contributed by atoms with Gasteiger partial charge in [0.05, 0.1) is 6.07 Å². The van der Waals surface area contributed by atoms with Crippen LogP contribution in [0.25, 0.3) is 6.08 Å². The van der Waals surface area contributed by atoms with E-state index in [2.05, 4.69) is 11.4 Å². The summed E-state index contributed by atoms with van der Waals surface area (Å²) < 4.78 is 5.10. The zero-order valence-electron chi connectivity index (χ0n) is 15.2. The SMILES string of the molecule is CSc1ccc(/C=C/C(=O)O[C@@H](C)C(=O)N[C@@](C)(C#N)C(C)C)cc1. The van der Waals surface area contributed by atoms with Crippen LogP contribution in [0.2, 0.25) is 0 Å². The van der Waals surface area contributed by atoms with Gasteiger partial charge >= 0.3 is 5.97 Å². The molecule has 0 heterocycles. The van der Waals surface area contributed by atoms with Crippen LogP contribution >= 0.6 is 11.8 Å². The lowest BCUT2D eigenvalue weighted by molar-refractivity contribution is -0.150. The monoisotopic (exact) mass is 360 g/mol. The molecule has 5 nitrogen and oxygen atoms in total. The number of nitrogens with zero attached hydrogens (tertiary/aromatic N) is 1. The summed E-state index contributed by atoms with van der Waals surface area (Å²) in [5, 5.41) is 11.9. The Morgan fingerprint density at radius 3 is 2.36 bits per heavy atom. The van der Waals surface area contributed by atoms with E-state index >= 15 is 0 Å². The molecule has 25 heavy (non-hydrogen) atoms. The number of nitriles is 1. The Hall–Kier alpha value is -2.26. The van der Waals surface area contributed by atoms with Gasteiger partial charge in [0.1, 0.15) is 5.54 Å². The molecule has 0 aliphatic heterocycles. The van der Waals surface area contributed by atoms with Crippen molar-refractivity contribution in [3.8, 4) is 6.07 Å². The minimum Gasteiger partial charge on any atom is -0.449 e. The van der Waals surface area contributed by atoms with E-state index in [1.54, 1.807) is 24.8 Å². The Bertz CT molecular complexity index is 677. The molecule has 0 aliphatic carbocycles. The third-order valence-electron chi connectivity index (χ3n) is 3.96. The highest BCUT2D eigenvalue weighted by molar-refractivity contribution is 7.98. The summed E-state index contributed by atoms with van der Waals surface area (Å²) in [7, 11) is 0. The quantitative estimate of drug-likeness (QED) is 0.458. The van der Waals surface area contributed by atoms with Gasteiger partial charge < -0.3 is 10.1 Å². The fraction of sp³-hybridized carbons (Fsp3) is 0.421. The normalized spacial score (nSPS) is 14.6. The maximum Gasteiger partial charge on any atom is 0.331 e. The molecular weight excluding hydrogens is 336 g/mol. The number of nitrogens with one attached hydrogen (secondary N) is 1.